The number of esters is 1. The Kier molecular flexibility index (Phi) is 6.29. The lowest BCUT2D eigenvalue weighted by molar-refractivity contribution is -0.765. The van der Waals surface area contributed by atoms with E-state index in [0.29, 0.717) is 5.56 Å². The number of hydrogen-bond donors (Lipinski definition) is 0. The highest BCUT2D eigenvalue weighted by atomic mass is 32.2. The first-order valence-electron chi connectivity index (χ1n) is 9.10. The predicted molar refractivity (Wildman–Crippen MR) is 102 cm³/mol. The number of rotatable bonds is 5. The van der Waals surface area contributed by atoms with Gasteiger partial charge in [0, 0.05) is 23.8 Å². The van der Waals surface area contributed by atoms with Crippen molar-refractivity contribution in [2.75, 3.05) is 0 Å². The van der Waals surface area contributed by atoms with Gasteiger partial charge in [0.15, 0.2) is 18.5 Å². The van der Waals surface area contributed by atoms with Crippen LogP contribution in [0.2, 0.25) is 0 Å². The molecule has 5 nitrogen and oxygen atoms in total. The standard InChI is InChI=1S/C21H24NO4S/c1-4-18-14(2)19(25-15(3)23)20(26-18)22-12-8-9-16(13-22)21(24)27-17-10-6-5-7-11-17/h5-14,18-20H,4H2,1-3H3/q+1/t14-,18-,19-,20-/m1/s1. The lowest BCUT2D eigenvalue weighted by Crippen LogP contribution is -2.46. The van der Waals surface area contributed by atoms with Gasteiger partial charge in [-0.3, -0.25) is 9.59 Å². The molecule has 0 N–H and O–H groups in total. The summed E-state index contributed by atoms with van der Waals surface area (Å²) in [6.45, 7) is 5.49. The summed E-state index contributed by atoms with van der Waals surface area (Å²) in [6.07, 6.45) is 3.62. The normalized spacial score (nSPS) is 24.6. The average molecular weight is 386 g/mol. The maximum Gasteiger partial charge on any atom is 0.303 e. The van der Waals surface area contributed by atoms with Gasteiger partial charge in [-0.25, -0.2) is 0 Å². The number of nitrogens with zero attached hydrogens (tertiary/aromatic N) is 1. The third-order valence-electron chi connectivity index (χ3n) is 4.71. The van der Waals surface area contributed by atoms with E-state index in [1.54, 1.807) is 12.3 Å². The van der Waals surface area contributed by atoms with Crippen LogP contribution in [0.3, 0.4) is 0 Å². The van der Waals surface area contributed by atoms with Gasteiger partial charge in [-0.2, -0.15) is 4.57 Å². The summed E-state index contributed by atoms with van der Waals surface area (Å²) >= 11 is 1.19. The van der Waals surface area contributed by atoms with Crippen molar-refractivity contribution in [3.63, 3.8) is 0 Å². The average Bonchev–Trinajstić information content (AvgIpc) is 2.98. The van der Waals surface area contributed by atoms with Crippen molar-refractivity contribution in [3.05, 3.63) is 60.4 Å². The molecule has 0 spiro atoms. The highest BCUT2D eigenvalue weighted by molar-refractivity contribution is 8.14. The van der Waals surface area contributed by atoms with E-state index < -0.39 is 6.23 Å². The van der Waals surface area contributed by atoms with Crippen molar-refractivity contribution in [1.82, 2.24) is 0 Å². The predicted octanol–water partition coefficient (Wildman–Crippen LogP) is 3.78. The van der Waals surface area contributed by atoms with E-state index in [1.165, 1.54) is 18.7 Å². The first-order chi connectivity index (χ1) is 13.0. The highest BCUT2D eigenvalue weighted by Gasteiger charge is 2.49. The van der Waals surface area contributed by atoms with Crippen LogP contribution in [-0.4, -0.2) is 23.3 Å². The topological polar surface area (TPSA) is 56.5 Å². The first kappa shape index (κ1) is 19.6. The zero-order valence-electron chi connectivity index (χ0n) is 15.7. The molecule has 1 aliphatic rings. The summed E-state index contributed by atoms with van der Waals surface area (Å²) in [6, 6.07) is 13.1. The van der Waals surface area contributed by atoms with E-state index in [4.69, 9.17) is 9.47 Å². The molecule has 1 aromatic heterocycles. The number of benzene rings is 1. The number of hydrogen-bond acceptors (Lipinski definition) is 5. The molecule has 1 saturated heterocycles. The molecule has 2 heterocycles. The van der Waals surface area contributed by atoms with Crippen LogP contribution >= 0.6 is 11.8 Å². The van der Waals surface area contributed by atoms with Crippen molar-refractivity contribution >= 4 is 22.8 Å². The Morgan fingerprint density at radius 1 is 1.19 bits per heavy atom. The Bertz CT molecular complexity index is 811. The zero-order chi connectivity index (χ0) is 19.4. The number of thioether (sulfide) groups is 1. The largest absolute Gasteiger partial charge is 0.452 e. The van der Waals surface area contributed by atoms with Crippen molar-refractivity contribution in [2.24, 2.45) is 5.92 Å². The van der Waals surface area contributed by atoms with Crippen LogP contribution in [0.5, 0.6) is 0 Å². The Balaban J connectivity index is 1.83. The fourth-order valence-electron chi connectivity index (χ4n) is 3.34. The molecule has 27 heavy (non-hydrogen) atoms. The minimum atomic E-state index is -0.441. The van der Waals surface area contributed by atoms with E-state index in [-0.39, 0.29) is 29.2 Å². The molecule has 0 aliphatic carbocycles. The van der Waals surface area contributed by atoms with Gasteiger partial charge in [-0.1, -0.05) is 32.0 Å². The number of pyridine rings is 1. The van der Waals surface area contributed by atoms with Crippen LogP contribution in [0.15, 0.2) is 59.8 Å². The lowest BCUT2D eigenvalue weighted by Gasteiger charge is -2.17. The van der Waals surface area contributed by atoms with Gasteiger partial charge in [-0.05, 0) is 36.4 Å². The Morgan fingerprint density at radius 2 is 1.93 bits per heavy atom. The van der Waals surface area contributed by atoms with E-state index in [0.717, 1.165) is 11.3 Å². The molecule has 3 rings (SSSR count). The molecular weight excluding hydrogens is 362 g/mol. The molecule has 0 saturated carbocycles. The minimum absolute atomic E-state index is 0.00454. The third kappa shape index (κ3) is 4.57. The van der Waals surface area contributed by atoms with Crippen LogP contribution < -0.4 is 4.57 Å². The SMILES string of the molecule is CC[C@H]1O[C@@H]([n+]2cccc(C(=O)Sc3ccccc3)c2)[C@H](OC(C)=O)[C@@H]1C. The van der Waals surface area contributed by atoms with Crippen molar-refractivity contribution in [3.8, 4) is 0 Å². The zero-order valence-corrected chi connectivity index (χ0v) is 16.5. The molecule has 1 fully saturated rings. The van der Waals surface area contributed by atoms with E-state index >= 15 is 0 Å². The van der Waals surface area contributed by atoms with E-state index in [1.807, 2.05) is 54.1 Å². The van der Waals surface area contributed by atoms with Crippen molar-refractivity contribution in [2.45, 2.75) is 50.5 Å². The summed E-state index contributed by atoms with van der Waals surface area (Å²) in [7, 11) is 0. The van der Waals surface area contributed by atoms with Crippen LogP contribution in [0.4, 0.5) is 0 Å². The Morgan fingerprint density at radius 3 is 2.59 bits per heavy atom. The highest BCUT2D eigenvalue weighted by Crippen LogP contribution is 2.34. The molecule has 0 amide bonds. The van der Waals surface area contributed by atoms with Crippen LogP contribution in [0.25, 0.3) is 0 Å². The molecule has 0 radical (unpaired) electrons. The molecule has 0 bridgehead atoms. The van der Waals surface area contributed by atoms with Crippen molar-refractivity contribution < 1.29 is 23.6 Å². The second kappa shape index (κ2) is 8.67. The van der Waals surface area contributed by atoms with Crippen LogP contribution in [0.1, 0.15) is 43.8 Å². The maximum absolute atomic E-state index is 12.6. The number of carbonyl (C=O) groups is 2. The van der Waals surface area contributed by atoms with Gasteiger partial charge in [-0.15, -0.1) is 0 Å². The molecule has 1 aromatic carbocycles. The molecular formula is C21H24NO4S+. The summed E-state index contributed by atoms with van der Waals surface area (Å²) in [5, 5.41) is -0.0438. The number of carbonyl (C=O) groups excluding carboxylic acids is 2. The summed E-state index contributed by atoms with van der Waals surface area (Å²) in [5.41, 5.74) is 0.573. The molecule has 142 valence electrons. The Labute approximate surface area is 163 Å². The fourth-order valence-corrected chi connectivity index (χ4v) is 4.09. The van der Waals surface area contributed by atoms with Crippen molar-refractivity contribution in [1.29, 1.82) is 0 Å². The monoisotopic (exact) mass is 386 g/mol. The summed E-state index contributed by atoms with van der Waals surface area (Å²) < 4.78 is 13.5. The van der Waals surface area contributed by atoms with Crippen LogP contribution in [0, 0.1) is 5.92 Å². The molecule has 1 aliphatic heterocycles. The molecule has 4 atom stereocenters. The van der Waals surface area contributed by atoms with Gasteiger partial charge in [0.1, 0.15) is 0 Å². The number of ether oxygens (including phenoxy) is 2. The maximum atomic E-state index is 12.6. The van der Waals surface area contributed by atoms with E-state index in [9.17, 15) is 9.59 Å². The fraction of sp³-hybridized carbons (Fsp3) is 0.381. The van der Waals surface area contributed by atoms with Gasteiger partial charge >= 0.3 is 12.2 Å². The second-order valence-corrected chi connectivity index (χ2v) is 7.70. The summed E-state index contributed by atoms with van der Waals surface area (Å²) in [5.74, 6) is -0.251. The quantitative estimate of drug-likeness (QED) is 0.445. The number of aromatic nitrogens is 1. The van der Waals surface area contributed by atoms with Gasteiger partial charge in [0.25, 0.3) is 0 Å². The first-order valence-corrected chi connectivity index (χ1v) is 9.92. The van der Waals surface area contributed by atoms with Gasteiger partial charge in [0.2, 0.25) is 5.12 Å². The second-order valence-electron chi connectivity index (χ2n) is 6.65. The van der Waals surface area contributed by atoms with Gasteiger partial charge < -0.3 is 9.47 Å². The molecule has 6 heteroatoms. The molecule has 2 aromatic rings. The Hall–Kier alpha value is -2.18. The lowest BCUT2D eigenvalue weighted by atomic mass is 9.98. The summed E-state index contributed by atoms with van der Waals surface area (Å²) in [4.78, 5) is 25.1. The minimum Gasteiger partial charge on any atom is -0.452 e. The van der Waals surface area contributed by atoms with Gasteiger partial charge in [0.05, 0.1) is 11.7 Å². The van der Waals surface area contributed by atoms with E-state index in [2.05, 4.69) is 6.92 Å². The smallest absolute Gasteiger partial charge is 0.303 e. The third-order valence-corrected chi connectivity index (χ3v) is 5.64. The van der Waals surface area contributed by atoms with Crippen LogP contribution in [-0.2, 0) is 14.3 Å². The molecule has 0 unspecified atom stereocenters.